The Morgan fingerprint density at radius 2 is 2.33 bits per heavy atom. The summed E-state index contributed by atoms with van der Waals surface area (Å²) in [4.78, 5) is 12.4. The molecular formula is C15H24N4O2. The summed E-state index contributed by atoms with van der Waals surface area (Å²) >= 11 is 0. The Kier molecular flexibility index (Phi) is 4.55. The number of aliphatic hydroxyl groups excluding tert-OH is 1. The van der Waals surface area contributed by atoms with E-state index >= 15 is 0 Å². The smallest absolute Gasteiger partial charge is 0.237 e. The van der Waals surface area contributed by atoms with Crippen molar-refractivity contribution in [2.24, 2.45) is 0 Å². The Morgan fingerprint density at radius 3 is 3.10 bits per heavy atom. The number of nitrogens with one attached hydrogen (secondary N) is 2. The molecule has 0 aromatic carbocycles. The standard InChI is InChI=1S/C15H24N4O2/c20-9-8-19-14-6-3-5-12(11(14)10-17-19)18-15(21)13-4-1-2-7-16-13/h10,12-13,16,20H,1-9H2,(H,18,21)/t12?,13-/m1/s1. The lowest BCUT2D eigenvalue weighted by Crippen LogP contribution is -2.47. The third kappa shape index (κ3) is 3.11. The number of carbonyl (C=O) groups excluding carboxylic acids is 1. The lowest BCUT2D eigenvalue weighted by molar-refractivity contribution is -0.124. The van der Waals surface area contributed by atoms with Gasteiger partial charge in [-0.3, -0.25) is 9.48 Å². The number of piperidine rings is 1. The zero-order chi connectivity index (χ0) is 14.7. The molecule has 21 heavy (non-hydrogen) atoms. The number of rotatable bonds is 4. The first kappa shape index (κ1) is 14.5. The van der Waals surface area contributed by atoms with Crippen molar-refractivity contribution in [3.63, 3.8) is 0 Å². The second-order valence-corrected chi connectivity index (χ2v) is 5.95. The molecule has 1 fully saturated rings. The van der Waals surface area contributed by atoms with E-state index < -0.39 is 0 Å². The molecule has 0 bridgehead atoms. The second kappa shape index (κ2) is 6.58. The van der Waals surface area contributed by atoms with E-state index in [4.69, 9.17) is 5.11 Å². The highest BCUT2D eigenvalue weighted by Crippen LogP contribution is 2.29. The highest BCUT2D eigenvalue weighted by atomic mass is 16.3. The average molecular weight is 292 g/mol. The van der Waals surface area contributed by atoms with Crippen molar-refractivity contribution < 1.29 is 9.90 Å². The van der Waals surface area contributed by atoms with Crippen LogP contribution in [0.15, 0.2) is 6.20 Å². The molecule has 6 heteroatoms. The van der Waals surface area contributed by atoms with E-state index in [0.29, 0.717) is 6.54 Å². The maximum atomic E-state index is 12.4. The predicted molar refractivity (Wildman–Crippen MR) is 78.8 cm³/mol. The van der Waals surface area contributed by atoms with Crippen molar-refractivity contribution in [2.45, 2.75) is 57.2 Å². The molecule has 1 aliphatic carbocycles. The van der Waals surface area contributed by atoms with Crippen LogP contribution in [0.5, 0.6) is 0 Å². The lowest BCUT2D eigenvalue weighted by Gasteiger charge is -2.28. The monoisotopic (exact) mass is 292 g/mol. The van der Waals surface area contributed by atoms with Gasteiger partial charge < -0.3 is 15.7 Å². The minimum atomic E-state index is -0.0448. The zero-order valence-electron chi connectivity index (χ0n) is 12.3. The molecule has 1 amide bonds. The summed E-state index contributed by atoms with van der Waals surface area (Å²) in [6, 6.07) is 0.0223. The number of amides is 1. The van der Waals surface area contributed by atoms with E-state index in [2.05, 4.69) is 15.7 Å². The summed E-state index contributed by atoms with van der Waals surface area (Å²) in [6.45, 7) is 1.56. The third-order valence-corrected chi connectivity index (χ3v) is 4.52. The summed E-state index contributed by atoms with van der Waals surface area (Å²) in [5.41, 5.74) is 2.29. The van der Waals surface area contributed by atoms with E-state index in [9.17, 15) is 4.79 Å². The van der Waals surface area contributed by atoms with Crippen LogP contribution in [0.2, 0.25) is 0 Å². The Labute approximate surface area is 124 Å². The maximum absolute atomic E-state index is 12.4. The fourth-order valence-electron chi connectivity index (χ4n) is 3.40. The van der Waals surface area contributed by atoms with Crippen LogP contribution < -0.4 is 10.6 Å². The van der Waals surface area contributed by atoms with Crippen molar-refractivity contribution in [3.05, 3.63) is 17.5 Å². The molecule has 0 spiro atoms. The Bertz CT molecular complexity index is 494. The molecule has 1 saturated heterocycles. The van der Waals surface area contributed by atoms with Crippen molar-refractivity contribution in [3.8, 4) is 0 Å². The maximum Gasteiger partial charge on any atom is 0.237 e. The minimum absolute atomic E-state index is 0.0448. The number of nitrogens with zero attached hydrogens (tertiary/aromatic N) is 2. The normalized spacial score (nSPS) is 25.4. The van der Waals surface area contributed by atoms with Gasteiger partial charge in [-0.05, 0) is 38.6 Å². The van der Waals surface area contributed by atoms with Gasteiger partial charge in [-0.1, -0.05) is 6.42 Å². The first-order valence-electron chi connectivity index (χ1n) is 7.99. The number of fused-ring (bicyclic) bond motifs is 1. The fourth-order valence-corrected chi connectivity index (χ4v) is 3.40. The zero-order valence-corrected chi connectivity index (χ0v) is 12.3. The Morgan fingerprint density at radius 1 is 1.43 bits per heavy atom. The summed E-state index contributed by atoms with van der Waals surface area (Å²) in [7, 11) is 0. The number of aromatic nitrogens is 2. The van der Waals surface area contributed by atoms with Gasteiger partial charge in [-0.2, -0.15) is 5.10 Å². The topological polar surface area (TPSA) is 79.2 Å². The van der Waals surface area contributed by atoms with Gasteiger partial charge in [0.05, 0.1) is 31.4 Å². The fraction of sp³-hybridized carbons (Fsp3) is 0.733. The number of aliphatic hydroxyl groups is 1. The predicted octanol–water partition coefficient (Wildman–Crippen LogP) is 0.511. The van der Waals surface area contributed by atoms with Crippen LogP contribution in [-0.4, -0.2) is 40.0 Å². The van der Waals surface area contributed by atoms with Crippen molar-refractivity contribution in [1.82, 2.24) is 20.4 Å². The molecule has 6 nitrogen and oxygen atoms in total. The molecule has 1 aromatic rings. The first-order chi connectivity index (χ1) is 10.3. The Hall–Kier alpha value is -1.40. The van der Waals surface area contributed by atoms with Crippen LogP contribution in [0.1, 0.15) is 49.4 Å². The van der Waals surface area contributed by atoms with Gasteiger partial charge in [0, 0.05) is 11.3 Å². The summed E-state index contributed by atoms with van der Waals surface area (Å²) < 4.78 is 1.87. The van der Waals surface area contributed by atoms with Crippen molar-refractivity contribution in [1.29, 1.82) is 0 Å². The molecule has 1 aromatic heterocycles. The lowest BCUT2D eigenvalue weighted by atomic mass is 9.92. The van der Waals surface area contributed by atoms with Gasteiger partial charge in [-0.25, -0.2) is 0 Å². The van der Waals surface area contributed by atoms with Gasteiger partial charge in [0.2, 0.25) is 5.91 Å². The van der Waals surface area contributed by atoms with E-state index in [1.807, 2.05) is 10.9 Å². The molecule has 116 valence electrons. The summed E-state index contributed by atoms with van der Waals surface area (Å²) in [5, 5.41) is 19.9. The molecule has 3 N–H and O–H groups in total. The Balaban J connectivity index is 1.68. The van der Waals surface area contributed by atoms with E-state index in [0.717, 1.165) is 56.3 Å². The molecule has 3 rings (SSSR count). The van der Waals surface area contributed by atoms with Crippen LogP contribution in [0, 0.1) is 0 Å². The quantitative estimate of drug-likeness (QED) is 0.755. The molecule has 1 unspecified atom stereocenters. The molecule has 0 saturated carbocycles. The van der Waals surface area contributed by atoms with Crippen molar-refractivity contribution in [2.75, 3.05) is 13.2 Å². The average Bonchev–Trinajstić information content (AvgIpc) is 2.93. The van der Waals surface area contributed by atoms with Gasteiger partial charge in [0.1, 0.15) is 0 Å². The SMILES string of the molecule is O=C(NC1CCCc2c1cnn2CCO)[C@H]1CCCCN1. The van der Waals surface area contributed by atoms with Crippen LogP contribution in [0.4, 0.5) is 0 Å². The highest BCUT2D eigenvalue weighted by molar-refractivity contribution is 5.82. The summed E-state index contributed by atoms with van der Waals surface area (Å²) in [6.07, 6.45) is 8.05. The largest absolute Gasteiger partial charge is 0.394 e. The van der Waals surface area contributed by atoms with E-state index in [-0.39, 0.29) is 24.6 Å². The third-order valence-electron chi connectivity index (χ3n) is 4.52. The van der Waals surface area contributed by atoms with Crippen LogP contribution >= 0.6 is 0 Å². The molecule has 2 heterocycles. The van der Waals surface area contributed by atoms with Crippen LogP contribution in [-0.2, 0) is 17.8 Å². The van der Waals surface area contributed by atoms with E-state index in [1.165, 1.54) is 0 Å². The van der Waals surface area contributed by atoms with Gasteiger partial charge in [0.25, 0.3) is 0 Å². The van der Waals surface area contributed by atoms with E-state index in [1.54, 1.807) is 0 Å². The second-order valence-electron chi connectivity index (χ2n) is 5.95. The van der Waals surface area contributed by atoms with Gasteiger partial charge in [-0.15, -0.1) is 0 Å². The molecule has 1 aliphatic heterocycles. The van der Waals surface area contributed by atoms with Crippen LogP contribution in [0.3, 0.4) is 0 Å². The minimum Gasteiger partial charge on any atom is -0.394 e. The van der Waals surface area contributed by atoms with Gasteiger partial charge >= 0.3 is 0 Å². The van der Waals surface area contributed by atoms with Crippen molar-refractivity contribution >= 4 is 5.91 Å². The number of hydrogen-bond acceptors (Lipinski definition) is 4. The number of carbonyl (C=O) groups is 1. The first-order valence-corrected chi connectivity index (χ1v) is 7.99. The molecule has 2 atom stereocenters. The molecule has 0 radical (unpaired) electrons. The van der Waals surface area contributed by atoms with Crippen LogP contribution in [0.25, 0.3) is 0 Å². The molecular weight excluding hydrogens is 268 g/mol. The molecule has 2 aliphatic rings. The number of hydrogen-bond donors (Lipinski definition) is 3. The van der Waals surface area contributed by atoms with Gasteiger partial charge in [0.15, 0.2) is 0 Å². The summed E-state index contributed by atoms with van der Waals surface area (Å²) in [5.74, 6) is 0.113. The highest BCUT2D eigenvalue weighted by Gasteiger charge is 2.28.